The van der Waals surface area contributed by atoms with Crippen molar-refractivity contribution in [3.8, 4) is 5.75 Å². The van der Waals surface area contributed by atoms with Gasteiger partial charge in [0.15, 0.2) is 0 Å². The first kappa shape index (κ1) is 17.7. The van der Waals surface area contributed by atoms with Crippen molar-refractivity contribution in [1.82, 2.24) is 14.9 Å². The maximum absolute atomic E-state index is 12.7. The van der Waals surface area contributed by atoms with Crippen molar-refractivity contribution in [3.63, 3.8) is 0 Å². The van der Waals surface area contributed by atoms with Gasteiger partial charge >= 0.3 is 0 Å². The molecule has 1 aliphatic rings. The molecule has 25 heavy (non-hydrogen) atoms. The molecule has 0 aliphatic carbocycles. The Morgan fingerprint density at radius 3 is 2.44 bits per heavy atom. The van der Waals surface area contributed by atoms with Crippen molar-refractivity contribution >= 4 is 23.1 Å². The number of anilines is 1. The van der Waals surface area contributed by atoms with Gasteiger partial charge in [-0.15, -0.1) is 11.3 Å². The lowest BCUT2D eigenvalue weighted by Gasteiger charge is -2.35. The molecule has 0 atom stereocenters. The van der Waals surface area contributed by atoms with Gasteiger partial charge in [-0.25, -0.2) is 9.97 Å². The van der Waals surface area contributed by atoms with Crippen LogP contribution in [0.4, 0.5) is 5.82 Å². The molecule has 0 bridgehead atoms. The topological polar surface area (TPSA) is 58.6 Å². The number of methoxy groups -OCH3 is 1. The Morgan fingerprint density at radius 1 is 1.20 bits per heavy atom. The predicted molar refractivity (Wildman–Crippen MR) is 99.7 cm³/mol. The highest BCUT2D eigenvalue weighted by molar-refractivity contribution is 7.10. The molecular formula is C18H24N4O2S. The zero-order valence-corrected chi connectivity index (χ0v) is 16.0. The molecule has 0 radical (unpaired) electrons. The van der Waals surface area contributed by atoms with Gasteiger partial charge in [0.1, 0.15) is 17.3 Å². The van der Waals surface area contributed by atoms with E-state index in [1.165, 1.54) is 0 Å². The molecule has 0 unspecified atom stereocenters. The summed E-state index contributed by atoms with van der Waals surface area (Å²) in [4.78, 5) is 25.7. The summed E-state index contributed by atoms with van der Waals surface area (Å²) < 4.78 is 5.14. The molecule has 1 amide bonds. The van der Waals surface area contributed by atoms with Gasteiger partial charge in [-0.05, 0) is 12.1 Å². The maximum atomic E-state index is 12.7. The van der Waals surface area contributed by atoms with Crippen molar-refractivity contribution in [3.05, 3.63) is 34.4 Å². The molecule has 0 aromatic carbocycles. The number of aromatic nitrogens is 2. The molecule has 1 aliphatic heterocycles. The Labute approximate surface area is 152 Å². The predicted octanol–water partition coefficient (Wildman–Crippen LogP) is 2.81. The fraction of sp³-hybridized carbons (Fsp3) is 0.500. The largest absolute Gasteiger partial charge is 0.495 e. The van der Waals surface area contributed by atoms with E-state index in [1.54, 1.807) is 24.6 Å². The Balaban J connectivity index is 1.61. The highest BCUT2D eigenvalue weighted by Crippen LogP contribution is 2.26. The Bertz CT molecular complexity index is 728. The van der Waals surface area contributed by atoms with Crippen LogP contribution in [-0.2, 0) is 5.41 Å². The molecule has 134 valence electrons. The Kier molecular flexibility index (Phi) is 4.94. The molecule has 7 heteroatoms. The van der Waals surface area contributed by atoms with E-state index in [2.05, 4.69) is 35.6 Å². The third kappa shape index (κ3) is 3.92. The summed E-state index contributed by atoms with van der Waals surface area (Å²) in [5, 5.41) is 2.87. The summed E-state index contributed by atoms with van der Waals surface area (Å²) in [5.41, 5.74) is 0.535. The minimum Gasteiger partial charge on any atom is -0.495 e. The van der Waals surface area contributed by atoms with E-state index < -0.39 is 0 Å². The Morgan fingerprint density at radius 2 is 1.92 bits per heavy atom. The highest BCUT2D eigenvalue weighted by atomic mass is 32.1. The van der Waals surface area contributed by atoms with E-state index in [9.17, 15) is 4.79 Å². The number of thiazole rings is 1. The van der Waals surface area contributed by atoms with Crippen LogP contribution in [0.5, 0.6) is 5.75 Å². The number of piperazine rings is 1. The van der Waals surface area contributed by atoms with Crippen LogP contribution in [0.25, 0.3) is 0 Å². The van der Waals surface area contributed by atoms with Crippen LogP contribution in [0.1, 0.15) is 36.3 Å². The molecule has 2 aromatic heterocycles. The molecule has 1 fully saturated rings. The first-order valence-corrected chi connectivity index (χ1v) is 9.27. The zero-order valence-electron chi connectivity index (χ0n) is 15.2. The first-order valence-electron chi connectivity index (χ1n) is 8.39. The van der Waals surface area contributed by atoms with Crippen LogP contribution < -0.4 is 9.64 Å². The summed E-state index contributed by atoms with van der Waals surface area (Å²) in [6.07, 6.45) is 1.72. The molecule has 6 nitrogen and oxygen atoms in total. The van der Waals surface area contributed by atoms with Gasteiger partial charge in [0, 0.05) is 37.0 Å². The van der Waals surface area contributed by atoms with Crippen molar-refractivity contribution in [2.75, 3.05) is 38.2 Å². The Hall–Kier alpha value is -2.15. The second kappa shape index (κ2) is 7.00. The number of ether oxygens (including phenoxy) is 1. The lowest BCUT2D eigenvalue weighted by atomic mass is 9.98. The van der Waals surface area contributed by atoms with Gasteiger partial charge in [0.2, 0.25) is 0 Å². The second-order valence-electron chi connectivity index (χ2n) is 7.12. The van der Waals surface area contributed by atoms with Gasteiger partial charge in [0.05, 0.1) is 18.3 Å². The molecule has 2 aromatic rings. The van der Waals surface area contributed by atoms with Crippen molar-refractivity contribution in [2.24, 2.45) is 0 Å². The van der Waals surface area contributed by atoms with Crippen LogP contribution in [-0.4, -0.2) is 54.1 Å². The summed E-state index contributed by atoms with van der Waals surface area (Å²) in [6.45, 7) is 9.22. The molecular weight excluding hydrogens is 336 g/mol. The smallest absolute Gasteiger partial charge is 0.273 e. The molecule has 1 saturated heterocycles. The first-order chi connectivity index (χ1) is 11.9. The summed E-state index contributed by atoms with van der Waals surface area (Å²) in [7, 11) is 1.63. The summed E-state index contributed by atoms with van der Waals surface area (Å²) in [6, 6.07) is 3.86. The van der Waals surface area contributed by atoms with Gasteiger partial charge in [-0.3, -0.25) is 4.79 Å². The number of rotatable bonds is 3. The van der Waals surface area contributed by atoms with Crippen LogP contribution in [0, 0.1) is 0 Å². The van der Waals surface area contributed by atoms with Gasteiger partial charge < -0.3 is 14.5 Å². The normalized spacial score (nSPS) is 15.4. The number of pyridine rings is 1. The molecule has 0 N–H and O–H groups in total. The average Bonchev–Trinajstić information content (AvgIpc) is 3.12. The molecule has 0 saturated carbocycles. The zero-order chi connectivity index (χ0) is 18.0. The van der Waals surface area contributed by atoms with E-state index in [1.807, 2.05) is 22.4 Å². The second-order valence-corrected chi connectivity index (χ2v) is 7.98. The number of nitrogens with zero attached hydrogens (tertiary/aromatic N) is 4. The summed E-state index contributed by atoms with van der Waals surface area (Å²) >= 11 is 1.56. The number of amides is 1. The maximum Gasteiger partial charge on any atom is 0.273 e. The lowest BCUT2D eigenvalue weighted by Crippen LogP contribution is -2.49. The SMILES string of the molecule is COc1ccc(N2CCN(C(=O)c3csc(C(C)(C)C)n3)CC2)nc1. The van der Waals surface area contributed by atoms with Crippen LogP contribution >= 0.6 is 11.3 Å². The van der Waals surface area contributed by atoms with Crippen molar-refractivity contribution in [2.45, 2.75) is 26.2 Å². The minimum absolute atomic E-state index is 0.0223. The third-order valence-corrected chi connectivity index (χ3v) is 5.48. The molecule has 3 heterocycles. The number of carbonyl (C=O) groups is 1. The van der Waals surface area contributed by atoms with Crippen LogP contribution in [0.2, 0.25) is 0 Å². The quantitative estimate of drug-likeness (QED) is 0.842. The molecule has 3 rings (SSSR count). The average molecular weight is 360 g/mol. The summed E-state index contributed by atoms with van der Waals surface area (Å²) in [5.74, 6) is 1.68. The fourth-order valence-electron chi connectivity index (χ4n) is 2.70. The standard InChI is InChI=1S/C18H24N4O2S/c1-18(2,3)17-20-14(12-25-17)16(23)22-9-7-21(8-10-22)15-6-5-13(24-4)11-19-15/h5-6,11-12H,7-10H2,1-4H3. The van der Waals surface area contributed by atoms with Gasteiger partial charge in [-0.2, -0.15) is 0 Å². The fourth-order valence-corrected chi connectivity index (χ4v) is 3.58. The number of carbonyl (C=O) groups excluding carboxylic acids is 1. The molecule has 0 spiro atoms. The lowest BCUT2D eigenvalue weighted by molar-refractivity contribution is 0.0741. The number of hydrogen-bond donors (Lipinski definition) is 0. The minimum atomic E-state index is -0.0259. The van der Waals surface area contributed by atoms with Crippen LogP contribution in [0.15, 0.2) is 23.7 Å². The van der Waals surface area contributed by atoms with E-state index in [0.717, 1.165) is 29.7 Å². The third-order valence-electron chi connectivity index (χ3n) is 4.21. The van der Waals surface area contributed by atoms with E-state index in [0.29, 0.717) is 18.8 Å². The monoisotopic (exact) mass is 360 g/mol. The van der Waals surface area contributed by atoms with Gasteiger partial charge in [-0.1, -0.05) is 20.8 Å². The number of hydrogen-bond acceptors (Lipinski definition) is 6. The van der Waals surface area contributed by atoms with E-state index in [-0.39, 0.29) is 11.3 Å². The van der Waals surface area contributed by atoms with Crippen LogP contribution in [0.3, 0.4) is 0 Å². The van der Waals surface area contributed by atoms with E-state index in [4.69, 9.17) is 4.74 Å². The van der Waals surface area contributed by atoms with E-state index >= 15 is 0 Å². The van der Waals surface area contributed by atoms with Crippen molar-refractivity contribution in [1.29, 1.82) is 0 Å². The highest BCUT2D eigenvalue weighted by Gasteiger charge is 2.26. The van der Waals surface area contributed by atoms with Crippen molar-refractivity contribution < 1.29 is 9.53 Å². The van der Waals surface area contributed by atoms with Gasteiger partial charge in [0.25, 0.3) is 5.91 Å².